The van der Waals surface area contributed by atoms with Crippen LogP contribution in [0.25, 0.3) is 0 Å². The molecule has 0 unspecified atom stereocenters. The molecule has 1 aliphatic rings. The number of carbonyl (C=O) groups excluding carboxylic acids is 1. The number of rotatable bonds is 6. The molecule has 0 aliphatic heterocycles. The van der Waals surface area contributed by atoms with Crippen molar-refractivity contribution in [3.05, 3.63) is 33.9 Å². The maximum absolute atomic E-state index is 12.3. The molecule has 1 saturated carbocycles. The van der Waals surface area contributed by atoms with Gasteiger partial charge in [-0.15, -0.1) is 0 Å². The first-order valence-electron chi connectivity index (χ1n) is 8.55. The minimum Gasteiger partial charge on any atom is -0.311 e. The highest BCUT2D eigenvalue weighted by Gasteiger charge is 2.20. The van der Waals surface area contributed by atoms with Gasteiger partial charge in [0.25, 0.3) is 5.56 Å². The number of anilines is 1. The lowest BCUT2D eigenvalue weighted by molar-refractivity contribution is -0.116. The van der Waals surface area contributed by atoms with Crippen LogP contribution in [0.1, 0.15) is 49.4 Å². The molecule has 3 rings (SSSR count). The van der Waals surface area contributed by atoms with E-state index < -0.39 is 0 Å². The highest BCUT2D eigenvalue weighted by atomic mass is 32.2. The van der Waals surface area contributed by atoms with E-state index >= 15 is 0 Å². The SMILES string of the molecule is CSc1nc(C)c(CCC(=O)Nc2ccnn2C2CCCC2)c(=O)[nH]1. The van der Waals surface area contributed by atoms with Crippen LogP contribution < -0.4 is 10.9 Å². The third-order valence-corrected chi connectivity index (χ3v) is 5.18. The van der Waals surface area contributed by atoms with E-state index in [0.29, 0.717) is 28.9 Å². The number of nitrogens with one attached hydrogen (secondary N) is 2. The molecule has 0 radical (unpaired) electrons. The van der Waals surface area contributed by atoms with Crippen LogP contribution in [-0.4, -0.2) is 31.9 Å². The van der Waals surface area contributed by atoms with E-state index in [0.717, 1.165) is 18.7 Å². The van der Waals surface area contributed by atoms with Gasteiger partial charge in [0.15, 0.2) is 5.16 Å². The summed E-state index contributed by atoms with van der Waals surface area (Å²) in [6.07, 6.45) is 8.80. The molecule has 134 valence electrons. The molecule has 0 bridgehead atoms. The Balaban J connectivity index is 1.63. The normalized spacial score (nSPS) is 14.8. The Bertz CT molecular complexity index is 808. The minimum absolute atomic E-state index is 0.118. The zero-order chi connectivity index (χ0) is 17.8. The van der Waals surface area contributed by atoms with Gasteiger partial charge in [-0.25, -0.2) is 9.67 Å². The van der Waals surface area contributed by atoms with E-state index in [1.165, 1.54) is 24.6 Å². The molecule has 2 heterocycles. The molecular formula is C17H23N5O2S. The van der Waals surface area contributed by atoms with E-state index in [4.69, 9.17) is 0 Å². The number of nitrogens with zero attached hydrogens (tertiary/aromatic N) is 3. The number of aromatic nitrogens is 4. The molecule has 1 aliphatic carbocycles. The second-order valence-electron chi connectivity index (χ2n) is 6.29. The van der Waals surface area contributed by atoms with Gasteiger partial charge in [0.2, 0.25) is 5.91 Å². The third-order valence-electron chi connectivity index (χ3n) is 4.60. The van der Waals surface area contributed by atoms with E-state index in [-0.39, 0.29) is 17.9 Å². The maximum atomic E-state index is 12.3. The lowest BCUT2D eigenvalue weighted by atomic mass is 10.1. The van der Waals surface area contributed by atoms with Gasteiger partial charge in [0.1, 0.15) is 5.82 Å². The summed E-state index contributed by atoms with van der Waals surface area (Å²) in [6.45, 7) is 1.80. The second-order valence-corrected chi connectivity index (χ2v) is 7.08. The van der Waals surface area contributed by atoms with Crippen LogP contribution in [0.5, 0.6) is 0 Å². The van der Waals surface area contributed by atoms with Crippen molar-refractivity contribution in [3.8, 4) is 0 Å². The number of amides is 1. The fraction of sp³-hybridized carbons (Fsp3) is 0.529. The van der Waals surface area contributed by atoms with E-state index in [1.807, 2.05) is 17.0 Å². The summed E-state index contributed by atoms with van der Waals surface area (Å²) in [6, 6.07) is 2.20. The summed E-state index contributed by atoms with van der Waals surface area (Å²) in [5.41, 5.74) is 1.08. The number of hydrogen-bond donors (Lipinski definition) is 2. The van der Waals surface area contributed by atoms with Gasteiger partial charge >= 0.3 is 0 Å². The molecular weight excluding hydrogens is 338 g/mol. The van der Waals surface area contributed by atoms with Crippen LogP contribution in [0.2, 0.25) is 0 Å². The minimum atomic E-state index is -0.166. The third kappa shape index (κ3) is 4.12. The van der Waals surface area contributed by atoms with Crippen LogP contribution >= 0.6 is 11.8 Å². The van der Waals surface area contributed by atoms with Crippen molar-refractivity contribution >= 4 is 23.5 Å². The first-order valence-corrected chi connectivity index (χ1v) is 9.78. The predicted octanol–water partition coefficient (Wildman–Crippen LogP) is 2.68. The van der Waals surface area contributed by atoms with Gasteiger partial charge in [-0.3, -0.25) is 9.59 Å². The van der Waals surface area contributed by atoms with Gasteiger partial charge in [-0.2, -0.15) is 5.10 Å². The van der Waals surface area contributed by atoms with Crippen LogP contribution in [0.15, 0.2) is 22.2 Å². The molecule has 2 aromatic heterocycles. The van der Waals surface area contributed by atoms with Gasteiger partial charge in [-0.05, 0) is 32.4 Å². The Morgan fingerprint density at radius 2 is 2.20 bits per heavy atom. The molecule has 8 heteroatoms. The van der Waals surface area contributed by atoms with Gasteiger partial charge in [0, 0.05) is 23.7 Å². The van der Waals surface area contributed by atoms with Crippen molar-refractivity contribution < 1.29 is 4.79 Å². The lowest BCUT2D eigenvalue weighted by Crippen LogP contribution is -2.21. The van der Waals surface area contributed by atoms with E-state index in [2.05, 4.69) is 20.4 Å². The largest absolute Gasteiger partial charge is 0.311 e. The quantitative estimate of drug-likeness (QED) is 0.609. The molecule has 7 nitrogen and oxygen atoms in total. The van der Waals surface area contributed by atoms with Crippen LogP contribution in [0, 0.1) is 6.92 Å². The van der Waals surface area contributed by atoms with Crippen LogP contribution in [0.3, 0.4) is 0 Å². The average Bonchev–Trinajstić information content (AvgIpc) is 3.24. The van der Waals surface area contributed by atoms with Gasteiger partial charge < -0.3 is 10.3 Å². The Morgan fingerprint density at radius 3 is 2.88 bits per heavy atom. The molecule has 0 spiro atoms. The Labute approximate surface area is 150 Å². The predicted molar refractivity (Wildman–Crippen MR) is 98.1 cm³/mol. The summed E-state index contributed by atoms with van der Waals surface area (Å²) in [4.78, 5) is 31.5. The zero-order valence-corrected chi connectivity index (χ0v) is 15.4. The fourth-order valence-corrected chi connectivity index (χ4v) is 3.70. The molecule has 2 N–H and O–H groups in total. The number of aromatic amines is 1. The highest BCUT2D eigenvalue weighted by molar-refractivity contribution is 7.98. The molecule has 0 atom stereocenters. The summed E-state index contributed by atoms with van der Waals surface area (Å²) >= 11 is 1.39. The monoisotopic (exact) mass is 361 g/mol. The Kier molecular flexibility index (Phi) is 5.57. The fourth-order valence-electron chi connectivity index (χ4n) is 3.27. The maximum Gasteiger partial charge on any atom is 0.254 e. The van der Waals surface area contributed by atoms with Crippen LogP contribution in [0.4, 0.5) is 5.82 Å². The van der Waals surface area contributed by atoms with Crippen molar-refractivity contribution in [2.45, 2.75) is 56.6 Å². The molecule has 25 heavy (non-hydrogen) atoms. The zero-order valence-electron chi connectivity index (χ0n) is 14.5. The lowest BCUT2D eigenvalue weighted by Gasteiger charge is -2.14. The Hall–Kier alpha value is -2.09. The van der Waals surface area contributed by atoms with Gasteiger partial charge in [-0.1, -0.05) is 24.6 Å². The first-order chi connectivity index (χ1) is 12.1. The number of thioether (sulfide) groups is 1. The topological polar surface area (TPSA) is 92.7 Å². The second kappa shape index (κ2) is 7.86. The number of hydrogen-bond acceptors (Lipinski definition) is 5. The average molecular weight is 361 g/mol. The van der Waals surface area contributed by atoms with Crippen molar-refractivity contribution in [1.82, 2.24) is 19.7 Å². The number of H-pyrrole nitrogens is 1. The molecule has 1 amide bonds. The van der Waals surface area contributed by atoms with Crippen molar-refractivity contribution in [3.63, 3.8) is 0 Å². The number of carbonyl (C=O) groups is 1. The smallest absolute Gasteiger partial charge is 0.254 e. The summed E-state index contributed by atoms with van der Waals surface area (Å²) in [7, 11) is 0. The van der Waals surface area contributed by atoms with E-state index in [1.54, 1.807) is 13.1 Å². The molecule has 1 fully saturated rings. The van der Waals surface area contributed by atoms with Crippen molar-refractivity contribution in [1.29, 1.82) is 0 Å². The summed E-state index contributed by atoms with van der Waals surface area (Å²) < 4.78 is 1.91. The van der Waals surface area contributed by atoms with Crippen molar-refractivity contribution in [2.75, 3.05) is 11.6 Å². The molecule has 0 saturated heterocycles. The highest BCUT2D eigenvalue weighted by Crippen LogP contribution is 2.31. The summed E-state index contributed by atoms with van der Waals surface area (Å²) in [5, 5.41) is 7.87. The molecule has 2 aromatic rings. The van der Waals surface area contributed by atoms with Gasteiger partial charge in [0.05, 0.1) is 12.2 Å². The van der Waals surface area contributed by atoms with Crippen LogP contribution in [-0.2, 0) is 11.2 Å². The first kappa shape index (κ1) is 17.7. The standard InChI is InChI=1S/C17H23N5O2S/c1-11-13(16(24)21-17(19-11)25-2)7-8-15(23)20-14-9-10-18-22(14)12-5-3-4-6-12/h9-10,12H,3-8H2,1-2H3,(H,20,23)(H,19,21,24). The molecule has 0 aromatic carbocycles. The van der Waals surface area contributed by atoms with E-state index in [9.17, 15) is 9.59 Å². The Morgan fingerprint density at radius 1 is 1.44 bits per heavy atom. The van der Waals surface area contributed by atoms with Crippen molar-refractivity contribution in [2.24, 2.45) is 0 Å². The summed E-state index contributed by atoms with van der Waals surface area (Å²) in [5.74, 6) is 0.617. The number of aryl methyl sites for hydroxylation is 1.